The molecule has 29 heavy (non-hydrogen) atoms. The number of carbonyl (C=O) groups excluding carboxylic acids is 1. The fourth-order valence-electron chi connectivity index (χ4n) is 3.56. The molecule has 1 aliphatic rings. The van der Waals surface area contributed by atoms with E-state index >= 15 is 0 Å². The van der Waals surface area contributed by atoms with Crippen molar-refractivity contribution < 1.29 is 10.0 Å². The monoisotopic (exact) mass is 389 g/mol. The molecule has 0 spiro atoms. The fourth-order valence-corrected chi connectivity index (χ4v) is 3.56. The van der Waals surface area contributed by atoms with Gasteiger partial charge < -0.3 is 5.32 Å². The van der Waals surface area contributed by atoms with E-state index in [9.17, 15) is 4.79 Å². The number of benzene rings is 1. The first-order valence-corrected chi connectivity index (χ1v) is 9.60. The quantitative estimate of drug-likeness (QED) is 0.341. The van der Waals surface area contributed by atoms with Gasteiger partial charge in [-0.15, -0.1) is 0 Å². The number of anilines is 1. The molecular formula is C22H23N5O2. The maximum absolute atomic E-state index is 11.0. The Balaban J connectivity index is 1.31. The van der Waals surface area contributed by atoms with Crippen molar-refractivity contribution in [1.29, 1.82) is 0 Å². The molecule has 3 N–H and O–H groups in total. The Morgan fingerprint density at radius 1 is 1.21 bits per heavy atom. The lowest BCUT2D eigenvalue weighted by molar-refractivity contribution is -0.124. The molecule has 0 radical (unpaired) electrons. The van der Waals surface area contributed by atoms with Crippen LogP contribution < -0.4 is 10.8 Å². The summed E-state index contributed by atoms with van der Waals surface area (Å²) in [5.74, 6) is 0.243. The predicted molar refractivity (Wildman–Crippen MR) is 112 cm³/mol. The smallest absolute Gasteiger partial charge is 0.267 e. The van der Waals surface area contributed by atoms with Gasteiger partial charge in [0.05, 0.1) is 5.52 Å². The topological polar surface area (TPSA) is 90.4 Å². The zero-order chi connectivity index (χ0) is 20.1. The Morgan fingerprint density at radius 2 is 2.10 bits per heavy atom. The molecule has 1 atom stereocenters. The summed E-state index contributed by atoms with van der Waals surface area (Å²) in [5, 5.41) is 13.1. The number of nitrogens with zero attached hydrogens (tertiary/aromatic N) is 3. The van der Waals surface area contributed by atoms with E-state index in [1.165, 1.54) is 17.0 Å². The largest absolute Gasteiger partial charge is 0.366 e. The van der Waals surface area contributed by atoms with Crippen LogP contribution in [0.2, 0.25) is 0 Å². The molecule has 2 aromatic heterocycles. The number of fused-ring (bicyclic) bond motifs is 1. The average Bonchev–Trinajstić information content (AvgIpc) is 3.19. The van der Waals surface area contributed by atoms with Crippen LogP contribution in [-0.4, -0.2) is 45.1 Å². The van der Waals surface area contributed by atoms with Gasteiger partial charge in [-0.25, -0.2) is 10.5 Å². The van der Waals surface area contributed by atoms with Gasteiger partial charge in [-0.3, -0.25) is 19.9 Å². The Morgan fingerprint density at radius 3 is 2.93 bits per heavy atom. The van der Waals surface area contributed by atoms with Crippen molar-refractivity contribution in [2.75, 3.05) is 18.4 Å². The van der Waals surface area contributed by atoms with E-state index < -0.39 is 5.91 Å². The molecule has 3 heterocycles. The highest BCUT2D eigenvalue weighted by molar-refractivity contribution is 5.90. The summed E-state index contributed by atoms with van der Waals surface area (Å²) in [6, 6.07) is 14.5. The number of carbonyl (C=O) groups is 1. The second-order valence-electron chi connectivity index (χ2n) is 7.19. The summed E-state index contributed by atoms with van der Waals surface area (Å²) in [6.07, 6.45) is 7.56. The third kappa shape index (κ3) is 4.96. The van der Waals surface area contributed by atoms with Crippen LogP contribution in [0.3, 0.4) is 0 Å². The van der Waals surface area contributed by atoms with E-state index in [2.05, 4.69) is 32.3 Å². The van der Waals surface area contributed by atoms with Crippen molar-refractivity contribution in [3.8, 4) is 0 Å². The highest BCUT2D eigenvalue weighted by Crippen LogP contribution is 2.19. The van der Waals surface area contributed by atoms with Crippen molar-refractivity contribution in [1.82, 2.24) is 20.3 Å². The molecule has 1 aliphatic heterocycles. The van der Waals surface area contributed by atoms with Crippen LogP contribution in [0.25, 0.3) is 17.0 Å². The lowest BCUT2D eigenvalue weighted by Crippen LogP contribution is -2.26. The van der Waals surface area contributed by atoms with Gasteiger partial charge in [0.2, 0.25) is 0 Å². The number of aromatic nitrogens is 2. The summed E-state index contributed by atoms with van der Waals surface area (Å²) in [4.78, 5) is 22.4. The molecule has 0 bridgehead atoms. The van der Waals surface area contributed by atoms with E-state index in [0.29, 0.717) is 6.04 Å². The van der Waals surface area contributed by atoms with Crippen LogP contribution >= 0.6 is 0 Å². The van der Waals surface area contributed by atoms with Gasteiger partial charge in [-0.1, -0.05) is 18.2 Å². The van der Waals surface area contributed by atoms with Gasteiger partial charge in [0.25, 0.3) is 5.91 Å². The van der Waals surface area contributed by atoms with Crippen molar-refractivity contribution in [2.45, 2.75) is 19.0 Å². The number of hydroxylamine groups is 1. The SMILES string of the molecule is O=C(/C=C/c1ccc(N[C@@H]2CCN(Cc3cnc4ccccc4c3)C2)nc1)NO. The maximum atomic E-state index is 11.0. The highest BCUT2D eigenvalue weighted by Gasteiger charge is 2.22. The van der Waals surface area contributed by atoms with Crippen LogP contribution in [-0.2, 0) is 11.3 Å². The number of para-hydroxylation sites is 1. The summed E-state index contributed by atoms with van der Waals surface area (Å²) in [5.41, 5.74) is 4.60. The van der Waals surface area contributed by atoms with Crippen molar-refractivity contribution >= 4 is 28.7 Å². The third-order valence-electron chi connectivity index (χ3n) is 5.00. The molecule has 1 amide bonds. The minimum Gasteiger partial charge on any atom is -0.366 e. The summed E-state index contributed by atoms with van der Waals surface area (Å²) >= 11 is 0. The average molecular weight is 389 g/mol. The molecule has 0 saturated carbocycles. The van der Waals surface area contributed by atoms with Crippen LogP contribution in [0.15, 0.2) is 60.9 Å². The van der Waals surface area contributed by atoms with Crippen molar-refractivity contribution in [3.63, 3.8) is 0 Å². The molecule has 0 unspecified atom stereocenters. The van der Waals surface area contributed by atoms with Gasteiger partial charge >= 0.3 is 0 Å². The third-order valence-corrected chi connectivity index (χ3v) is 5.00. The van der Waals surface area contributed by atoms with E-state index in [1.807, 2.05) is 36.5 Å². The van der Waals surface area contributed by atoms with Crippen LogP contribution in [0.5, 0.6) is 0 Å². The van der Waals surface area contributed by atoms with Crippen LogP contribution in [0.1, 0.15) is 17.5 Å². The first-order valence-electron chi connectivity index (χ1n) is 9.60. The van der Waals surface area contributed by atoms with Crippen LogP contribution in [0.4, 0.5) is 5.82 Å². The zero-order valence-electron chi connectivity index (χ0n) is 16.0. The van der Waals surface area contributed by atoms with Gasteiger partial charge in [0.1, 0.15) is 5.82 Å². The first-order chi connectivity index (χ1) is 14.2. The zero-order valence-corrected chi connectivity index (χ0v) is 16.0. The summed E-state index contributed by atoms with van der Waals surface area (Å²) in [7, 11) is 0. The number of amides is 1. The van der Waals surface area contributed by atoms with Crippen molar-refractivity contribution in [3.05, 3.63) is 72.1 Å². The molecule has 1 fully saturated rings. The molecule has 7 nitrogen and oxygen atoms in total. The van der Waals surface area contributed by atoms with Crippen molar-refractivity contribution in [2.24, 2.45) is 0 Å². The minimum atomic E-state index is -0.570. The number of likely N-dealkylation sites (tertiary alicyclic amines) is 1. The van der Waals surface area contributed by atoms with E-state index in [4.69, 9.17) is 5.21 Å². The van der Waals surface area contributed by atoms with E-state index in [1.54, 1.807) is 17.8 Å². The fraction of sp³-hybridized carbons (Fsp3) is 0.227. The number of rotatable bonds is 6. The Kier molecular flexibility index (Phi) is 5.79. The van der Waals surface area contributed by atoms with Gasteiger partial charge in [-0.05, 0) is 47.9 Å². The maximum Gasteiger partial charge on any atom is 0.267 e. The number of nitrogens with one attached hydrogen (secondary N) is 2. The number of hydrogen-bond acceptors (Lipinski definition) is 6. The minimum absolute atomic E-state index is 0.345. The van der Waals surface area contributed by atoms with Gasteiger partial charge in [0.15, 0.2) is 0 Å². The lowest BCUT2D eigenvalue weighted by Gasteiger charge is -2.17. The second-order valence-corrected chi connectivity index (χ2v) is 7.19. The predicted octanol–water partition coefficient (Wildman–Crippen LogP) is 2.83. The van der Waals surface area contributed by atoms with E-state index in [0.717, 1.165) is 43.0 Å². The molecule has 3 aromatic rings. The molecular weight excluding hydrogens is 366 g/mol. The normalized spacial score (nSPS) is 17.1. The molecule has 7 heteroatoms. The highest BCUT2D eigenvalue weighted by atomic mass is 16.5. The number of pyridine rings is 2. The number of hydrogen-bond donors (Lipinski definition) is 3. The summed E-state index contributed by atoms with van der Waals surface area (Å²) in [6.45, 7) is 2.87. The standard InChI is InChI=1S/C22H23N5O2/c28-22(26-29)8-6-16-5-7-21(24-12-16)25-19-9-10-27(15-19)14-17-11-18-3-1-2-4-20(18)23-13-17/h1-8,11-13,19,29H,9-10,14-15H2,(H,24,25)(H,26,28)/b8-6+/t19-/m1/s1. The molecule has 4 rings (SSSR count). The molecule has 0 aliphatic carbocycles. The molecule has 1 aromatic carbocycles. The lowest BCUT2D eigenvalue weighted by atomic mass is 10.1. The van der Waals surface area contributed by atoms with E-state index in [-0.39, 0.29) is 0 Å². The van der Waals surface area contributed by atoms with Crippen LogP contribution in [0, 0.1) is 0 Å². The summed E-state index contributed by atoms with van der Waals surface area (Å²) < 4.78 is 0. The van der Waals surface area contributed by atoms with Gasteiger partial charge in [-0.2, -0.15) is 0 Å². The Hall–Kier alpha value is -3.29. The second kappa shape index (κ2) is 8.81. The molecule has 1 saturated heterocycles. The molecule has 148 valence electrons. The Labute approximate surface area is 169 Å². The first kappa shape index (κ1) is 19.0. The Bertz CT molecular complexity index is 1020. The van der Waals surface area contributed by atoms with Gasteiger partial charge in [0, 0.05) is 49.5 Å².